The number of esters is 1. The number of rotatable bonds is 8. The van der Waals surface area contributed by atoms with Gasteiger partial charge in [0.1, 0.15) is 13.1 Å². The topological polar surface area (TPSA) is 87.2 Å². The monoisotopic (exact) mass is 274 g/mol. The molecule has 0 unspecified atom stereocenters. The highest BCUT2D eigenvalue weighted by Gasteiger charge is 2.23. The number of methoxy groups -OCH3 is 1. The second-order valence-corrected chi connectivity index (χ2v) is 4.10. The molecule has 1 N–H and O–H groups in total. The van der Waals surface area contributed by atoms with Gasteiger partial charge in [-0.2, -0.15) is 0 Å². The molecule has 0 heterocycles. The first-order valence-corrected chi connectivity index (χ1v) is 6.28. The van der Waals surface area contributed by atoms with Gasteiger partial charge in [0, 0.05) is 13.1 Å². The van der Waals surface area contributed by atoms with E-state index in [1.807, 2.05) is 13.8 Å². The maximum absolute atomic E-state index is 12.2. The molecular formula is C12H22N2O5. The zero-order valence-corrected chi connectivity index (χ0v) is 11.7. The molecule has 110 valence electrons. The number of ether oxygens (including phenoxy) is 1. The van der Waals surface area contributed by atoms with Crippen LogP contribution in [0.4, 0.5) is 4.79 Å². The van der Waals surface area contributed by atoms with E-state index in [4.69, 9.17) is 5.11 Å². The number of hydrogen-bond donors (Lipinski definition) is 1. The lowest BCUT2D eigenvalue weighted by atomic mass is 10.3. The van der Waals surface area contributed by atoms with Crippen molar-refractivity contribution < 1.29 is 24.2 Å². The van der Waals surface area contributed by atoms with Gasteiger partial charge in [-0.05, 0) is 12.8 Å². The van der Waals surface area contributed by atoms with E-state index >= 15 is 0 Å². The third-order valence-electron chi connectivity index (χ3n) is 2.40. The molecular weight excluding hydrogens is 252 g/mol. The first kappa shape index (κ1) is 17.2. The Morgan fingerprint density at radius 3 is 1.84 bits per heavy atom. The van der Waals surface area contributed by atoms with Crippen LogP contribution in [0.3, 0.4) is 0 Å². The maximum Gasteiger partial charge on any atom is 0.325 e. The Kier molecular flexibility index (Phi) is 8.32. The van der Waals surface area contributed by atoms with E-state index in [-0.39, 0.29) is 13.1 Å². The zero-order valence-electron chi connectivity index (χ0n) is 11.7. The molecule has 0 aromatic heterocycles. The minimum Gasteiger partial charge on any atom is -0.480 e. The summed E-state index contributed by atoms with van der Waals surface area (Å²) in [5, 5.41) is 8.80. The molecule has 0 rings (SSSR count). The number of carboxylic acid groups (broad SMARTS) is 1. The van der Waals surface area contributed by atoms with Gasteiger partial charge in [0.15, 0.2) is 0 Å². The lowest BCUT2D eigenvalue weighted by molar-refractivity contribution is -0.141. The Balaban J connectivity index is 4.79. The molecule has 0 aromatic rings. The van der Waals surface area contributed by atoms with Gasteiger partial charge in [0.25, 0.3) is 0 Å². The van der Waals surface area contributed by atoms with Crippen molar-refractivity contribution in [3.63, 3.8) is 0 Å². The third-order valence-corrected chi connectivity index (χ3v) is 2.40. The summed E-state index contributed by atoms with van der Waals surface area (Å²) in [6.07, 6.45) is 1.33. The van der Waals surface area contributed by atoms with Crippen LogP contribution in [0.2, 0.25) is 0 Å². The molecule has 0 radical (unpaired) electrons. The molecule has 0 bridgehead atoms. The number of carbonyl (C=O) groups excluding carboxylic acids is 2. The number of carbonyl (C=O) groups is 3. The van der Waals surface area contributed by atoms with Crippen molar-refractivity contribution >= 4 is 18.0 Å². The second kappa shape index (κ2) is 9.18. The lowest BCUT2D eigenvalue weighted by Crippen LogP contribution is -2.47. The Bertz CT molecular complexity index is 319. The summed E-state index contributed by atoms with van der Waals surface area (Å²) >= 11 is 0. The minimum atomic E-state index is -1.07. The number of carboxylic acids is 1. The van der Waals surface area contributed by atoms with Gasteiger partial charge < -0.3 is 19.6 Å². The molecule has 19 heavy (non-hydrogen) atoms. The van der Waals surface area contributed by atoms with Gasteiger partial charge in [0.05, 0.1) is 7.11 Å². The summed E-state index contributed by atoms with van der Waals surface area (Å²) in [6, 6.07) is -0.448. The Morgan fingerprint density at radius 2 is 1.47 bits per heavy atom. The van der Waals surface area contributed by atoms with Crippen molar-refractivity contribution in [3.8, 4) is 0 Å². The summed E-state index contributed by atoms with van der Waals surface area (Å²) in [5.41, 5.74) is 0. The first-order chi connectivity index (χ1) is 8.96. The third kappa shape index (κ3) is 6.64. The van der Waals surface area contributed by atoms with Crippen LogP contribution in [0.5, 0.6) is 0 Å². The summed E-state index contributed by atoms with van der Waals surface area (Å²) in [4.78, 5) is 36.7. The summed E-state index contributed by atoms with van der Waals surface area (Å²) in [6.45, 7) is 3.92. The van der Waals surface area contributed by atoms with E-state index in [1.54, 1.807) is 0 Å². The molecule has 0 aliphatic heterocycles. The van der Waals surface area contributed by atoms with Crippen molar-refractivity contribution in [2.45, 2.75) is 26.7 Å². The van der Waals surface area contributed by atoms with Gasteiger partial charge in [0.2, 0.25) is 0 Å². The van der Waals surface area contributed by atoms with Crippen LogP contribution in [0.15, 0.2) is 0 Å². The predicted octanol–water partition coefficient (Wildman–Crippen LogP) is 0.788. The van der Waals surface area contributed by atoms with Crippen molar-refractivity contribution in [1.82, 2.24) is 9.80 Å². The standard InChI is InChI=1S/C12H22N2O5/c1-4-6-13(8-10(15)16)12(18)14(7-5-2)9-11(17)19-3/h4-9H2,1-3H3,(H,15,16). The minimum absolute atomic E-state index is 0.164. The van der Waals surface area contributed by atoms with Gasteiger partial charge in [-0.3, -0.25) is 9.59 Å². The molecule has 0 aliphatic carbocycles. The Morgan fingerprint density at radius 1 is 1.00 bits per heavy atom. The van der Waals surface area contributed by atoms with Crippen LogP contribution in [-0.4, -0.2) is 66.2 Å². The zero-order chi connectivity index (χ0) is 14.8. The van der Waals surface area contributed by atoms with E-state index < -0.39 is 18.0 Å². The number of hydrogen-bond acceptors (Lipinski definition) is 4. The number of nitrogens with zero attached hydrogens (tertiary/aromatic N) is 2. The predicted molar refractivity (Wildman–Crippen MR) is 68.8 cm³/mol. The molecule has 0 saturated carbocycles. The van der Waals surface area contributed by atoms with Crippen molar-refractivity contribution in [3.05, 3.63) is 0 Å². The fourth-order valence-electron chi connectivity index (χ4n) is 1.61. The highest BCUT2D eigenvalue weighted by molar-refractivity contribution is 5.83. The summed E-state index contributed by atoms with van der Waals surface area (Å²) in [7, 11) is 1.25. The lowest BCUT2D eigenvalue weighted by Gasteiger charge is -2.28. The fraction of sp³-hybridized carbons (Fsp3) is 0.750. The second-order valence-electron chi connectivity index (χ2n) is 4.10. The Hall–Kier alpha value is -1.79. The van der Waals surface area contributed by atoms with Gasteiger partial charge >= 0.3 is 18.0 Å². The smallest absolute Gasteiger partial charge is 0.325 e. The molecule has 0 spiro atoms. The Labute approximate surface area is 113 Å². The SMILES string of the molecule is CCCN(CC(=O)O)C(=O)N(CCC)CC(=O)OC. The number of amides is 2. The van der Waals surface area contributed by atoms with Crippen LogP contribution in [-0.2, 0) is 14.3 Å². The largest absolute Gasteiger partial charge is 0.480 e. The quantitative estimate of drug-likeness (QED) is 0.661. The highest BCUT2D eigenvalue weighted by atomic mass is 16.5. The van der Waals surface area contributed by atoms with E-state index in [1.165, 1.54) is 16.9 Å². The fourth-order valence-corrected chi connectivity index (χ4v) is 1.61. The molecule has 7 heteroatoms. The van der Waals surface area contributed by atoms with Gasteiger partial charge in [-0.15, -0.1) is 0 Å². The van der Waals surface area contributed by atoms with Crippen LogP contribution in [0, 0.1) is 0 Å². The molecule has 0 atom stereocenters. The van der Waals surface area contributed by atoms with Crippen molar-refractivity contribution in [2.24, 2.45) is 0 Å². The van der Waals surface area contributed by atoms with Crippen molar-refractivity contribution in [2.75, 3.05) is 33.3 Å². The van der Waals surface area contributed by atoms with Crippen LogP contribution in [0.25, 0.3) is 0 Å². The van der Waals surface area contributed by atoms with E-state index in [9.17, 15) is 14.4 Å². The average molecular weight is 274 g/mol. The van der Waals surface area contributed by atoms with Crippen LogP contribution < -0.4 is 0 Å². The average Bonchev–Trinajstić information content (AvgIpc) is 2.36. The first-order valence-electron chi connectivity index (χ1n) is 6.28. The van der Waals surface area contributed by atoms with Crippen LogP contribution in [0.1, 0.15) is 26.7 Å². The van der Waals surface area contributed by atoms with E-state index in [0.29, 0.717) is 25.9 Å². The molecule has 0 fully saturated rings. The summed E-state index contributed by atoms with van der Waals surface area (Å²) < 4.78 is 4.53. The van der Waals surface area contributed by atoms with E-state index in [2.05, 4.69) is 4.74 Å². The highest BCUT2D eigenvalue weighted by Crippen LogP contribution is 2.03. The molecule has 0 aromatic carbocycles. The van der Waals surface area contributed by atoms with Gasteiger partial charge in [-0.1, -0.05) is 13.8 Å². The number of aliphatic carboxylic acids is 1. The van der Waals surface area contributed by atoms with Crippen LogP contribution >= 0.6 is 0 Å². The van der Waals surface area contributed by atoms with Gasteiger partial charge in [-0.25, -0.2) is 4.79 Å². The number of urea groups is 1. The van der Waals surface area contributed by atoms with Crippen molar-refractivity contribution in [1.29, 1.82) is 0 Å². The molecule has 2 amide bonds. The molecule has 7 nitrogen and oxygen atoms in total. The maximum atomic E-state index is 12.2. The normalized spacial score (nSPS) is 9.84. The van der Waals surface area contributed by atoms with E-state index in [0.717, 1.165) is 0 Å². The molecule has 0 aliphatic rings. The summed E-state index contributed by atoms with van der Waals surface area (Å²) in [5.74, 6) is -1.59. The molecule has 0 saturated heterocycles.